The highest BCUT2D eigenvalue weighted by Gasteiger charge is 2.19. The summed E-state index contributed by atoms with van der Waals surface area (Å²) in [6.07, 6.45) is 0. The Morgan fingerprint density at radius 3 is 2.33 bits per heavy atom. The van der Waals surface area contributed by atoms with Crippen LogP contribution in [0.5, 0.6) is 5.75 Å². The minimum atomic E-state index is -3.81. The molecule has 0 spiro atoms. The first-order valence-corrected chi connectivity index (χ1v) is 11.2. The summed E-state index contributed by atoms with van der Waals surface area (Å²) in [5.41, 5.74) is 4.54. The van der Waals surface area contributed by atoms with Gasteiger partial charge in [-0.15, -0.1) is 0 Å². The molecule has 1 heterocycles. The van der Waals surface area contributed by atoms with E-state index < -0.39 is 10.0 Å². The second-order valence-electron chi connectivity index (χ2n) is 7.28. The molecule has 0 fully saturated rings. The molecule has 0 unspecified atom stereocenters. The Bertz CT molecular complexity index is 1370. The minimum absolute atomic E-state index is 0.0748. The number of aryl methyl sites for hydroxylation is 2. The van der Waals surface area contributed by atoms with E-state index in [-0.39, 0.29) is 10.6 Å². The lowest BCUT2D eigenvalue weighted by molar-refractivity contribution is 0.472. The molecule has 0 bridgehead atoms. The number of hydrogen-bond acceptors (Lipinski definition) is 3. The predicted molar refractivity (Wildman–Crippen MR) is 121 cm³/mol. The normalized spacial score (nSPS) is 11.7. The van der Waals surface area contributed by atoms with Gasteiger partial charge in [0.2, 0.25) is 0 Å². The van der Waals surface area contributed by atoms with Crippen molar-refractivity contribution in [3.8, 4) is 11.4 Å². The van der Waals surface area contributed by atoms with Crippen molar-refractivity contribution in [2.75, 3.05) is 4.72 Å². The zero-order chi connectivity index (χ0) is 21.6. The molecule has 7 heteroatoms. The Kier molecular flexibility index (Phi) is 5.00. The lowest BCUT2D eigenvalue weighted by Crippen LogP contribution is -2.14. The monoisotopic (exact) mass is 440 g/mol. The third kappa shape index (κ3) is 3.42. The number of hydrogen-bond donors (Lipinski definition) is 2. The van der Waals surface area contributed by atoms with Gasteiger partial charge in [-0.05, 0) is 74.4 Å². The van der Waals surface area contributed by atoms with Gasteiger partial charge >= 0.3 is 0 Å². The van der Waals surface area contributed by atoms with Gasteiger partial charge in [-0.25, -0.2) is 8.42 Å². The Balaban J connectivity index is 1.85. The average Bonchev–Trinajstić information content (AvgIpc) is 2.95. The first kappa shape index (κ1) is 20.3. The van der Waals surface area contributed by atoms with Crippen molar-refractivity contribution >= 4 is 38.2 Å². The Morgan fingerprint density at radius 1 is 0.967 bits per heavy atom. The molecule has 0 aliphatic heterocycles. The predicted octanol–water partition coefficient (Wildman–Crippen LogP) is 5.72. The van der Waals surface area contributed by atoms with E-state index in [1.807, 2.05) is 42.7 Å². The molecule has 0 saturated carbocycles. The molecule has 0 radical (unpaired) electrons. The number of nitrogens with one attached hydrogen (secondary N) is 1. The van der Waals surface area contributed by atoms with Crippen LogP contribution in [-0.4, -0.2) is 18.1 Å². The van der Waals surface area contributed by atoms with Gasteiger partial charge in [0.25, 0.3) is 10.0 Å². The van der Waals surface area contributed by atoms with E-state index in [2.05, 4.69) is 4.72 Å². The van der Waals surface area contributed by atoms with E-state index in [1.165, 1.54) is 24.3 Å². The van der Waals surface area contributed by atoms with E-state index in [9.17, 15) is 13.5 Å². The first-order valence-electron chi connectivity index (χ1n) is 9.38. The van der Waals surface area contributed by atoms with E-state index in [0.29, 0.717) is 22.0 Å². The van der Waals surface area contributed by atoms with Crippen molar-refractivity contribution in [1.29, 1.82) is 0 Å². The molecular formula is C23H21ClN2O3S. The molecule has 5 nitrogen and oxygen atoms in total. The summed E-state index contributed by atoms with van der Waals surface area (Å²) in [6.45, 7) is 5.75. The minimum Gasteiger partial charge on any atom is -0.506 e. The quantitative estimate of drug-likeness (QED) is 0.399. The van der Waals surface area contributed by atoms with E-state index in [0.717, 1.165) is 22.2 Å². The van der Waals surface area contributed by atoms with Crippen molar-refractivity contribution in [3.05, 3.63) is 82.5 Å². The van der Waals surface area contributed by atoms with Gasteiger partial charge in [-0.1, -0.05) is 29.8 Å². The largest absolute Gasteiger partial charge is 0.506 e. The SMILES string of the molecule is Cc1cc(O)c(-n2c(C)c(C)c3ccccc32)cc1NS(=O)(=O)c1ccc(Cl)cc1. The number of aromatic nitrogens is 1. The number of fused-ring (bicyclic) bond motifs is 1. The summed E-state index contributed by atoms with van der Waals surface area (Å²) in [5.74, 6) is 0.0748. The molecule has 4 aromatic rings. The molecular weight excluding hydrogens is 420 g/mol. The van der Waals surface area contributed by atoms with Crippen molar-refractivity contribution in [2.24, 2.45) is 0 Å². The first-order chi connectivity index (χ1) is 14.2. The molecule has 1 aromatic heterocycles. The van der Waals surface area contributed by atoms with Crippen LogP contribution in [0.25, 0.3) is 16.6 Å². The number of phenols is 1. The third-order valence-electron chi connectivity index (χ3n) is 5.36. The maximum Gasteiger partial charge on any atom is 0.261 e. The fourth-order valence-electron chi connectivity index (χ4n) is 3.63. The molecule has 0 amide bonds. The zero-order valence-corrected chi connectivity index (χ0v) is 18.3. The average molecular weight is 441 g/mol. The number of anilines is 1. The summed E-state index contributed by atoms with van der Waals surface area (Å²) >= 11 is 5.87. The van der Waals surface area contributed by atoms with E-state index >= 15 is 0 Å². The van der Waals surface area contributed by atoms with Gasteiger partial charge in [-0.3, -0.25) is 4.72 Å². The molecule has 0 saturated heterocycles. The second-order valence-corrected chi connectivity index (χ2v) is 9.40. The lowest BCUT2D eigenvalue weighted by atomic mass is 10.1. The number of aromatic hydroxyl groups is 1. The van der Waals surface area contributed by atoms with E-state index in [4.69, 9.17) is 11.6 Å². The fraction of sp³-hybridized carbons (Fsp3) is 0.130. The van der Waals surface area contributed by atoms with Gasteiger partial charge < -0.3 is 9.67 Å². The Hall–Kier alpha value is -2.96. The number of phenolic OH excluding ortho intramolecular Hbond substituents is 1. The van der Waals surface area contributed by atoms with Gasteiger partial charge in [-0.2, -0.15) is 0 Å². The Labute approximate surface area is 180 Å². The van der Waals surface area contributed by atoms with Crippen molar-refractivity contribution < 1.29 is 13.5 Å². The van der Waals surface area contributed by atoms with Crippen molar-refractivity contribution in [1.82, 2.24) is 4.57 Å². The lowest BCUT2D eigenvalue weighted by Gasteiger charge is -2.16. The molecule has 30 heavy (non-hydrogen) atoms. The van der Waals surface area contributed by atoms with Crippen LogP contribution in [0.15, 0.2) is 65.6 Å². The van der Waals surface area contributed by atoms with Crippen LogP contribution in [0, 0.1) is 20.8 Å². The maximum absolute atomic E-state index is 12.9. The molecule has 154 valence electrons. The number of para-hydroxylation sites is 1. The van der Waals surface area contributed by atoms with Gasteiger partial charge in [0.15, 0.2) is 0 Å². The summed E-state index contributed by atoms with van der Waals surface area (Å²) in [7, 11) is -3.81. The third-order valence-corrected chi connectivity index (χ3v) is 6.99. The topological polar surface area (TPSA) is 71.3 Å². The number of halogens is 1. The van der Waals surface area contributed by atoms with Crippen LogP contribution in [0.3, 0.4) is 0 Å². The molecule has 0 aliphatic rings. The zero-order valence-electron chi connectivity index (χ0n) is 16.8. The summed E-state index contributed by atoms with van der Waals surface area (Å²) in [4.78, 5) is 0.111. The number of rotatable bonds is 4. The smallest absolute Gasteiger partial charge is 0.261 e. The van der Waals surface area contributed by atoms with Crippen LogP contribution < -0.4 is 4.72 Å². The van der Waals surface area contributed by atoms with Crippen LogP contribution in [0.1, 0.15) is 16.8 Å². The standard InChI is InChI=1S/C23H21ClN2O3S/c1-14-12-23(27)22(26-16(3)15(2)19-6-4-5-7-21(19)26)13-20(14)25-30(28,29)18-10-8-17(24)9-11-18/h4-13,25,27H,1-3H3. The van der Waals surface area contributed by atoms with E-state index in [1.54, 1.807) is 19.1 Å². The fourth-order valence-corrected chi connectivity index (χ4v) is 4.87. The van der Waals surface area contributed by atoms with Crippen LogP contribution in [-0.2, 0) is 10.0 Å². The molecule has 3 aromatic carbocycles. The van der Waals surface area contributed by atoms with Crippen molar-refractivity contribution in [2.45, 2.75) is 25.7 Å². The number of benzene rings is 3. The van der Waals surface area contributed by atoms with Crippen LogP contribution in [0.4, 0.5) is 5.69 Å². The molecule has 0 atom stereocenters. The molecule has 0 aliphatic carbocycles. The Morgan fingerprint density at radius 2 is 1.63 bits per heavy atom. The number of nitrogens with zero attached hydrogens (tertiary/aromatic N) is 1. The number of sulfonamides is 1. The highest BCUT2D eigenvalue weighted by molar-refractivity contribution is 7.92. The van der Waals surface area contributed by atoms with Gasteiger partial charge in [0, 0.05) is 16.1 Å². The summed E-state index contributed by atoms with van der Waals surface area (Å²) in [6, 6.07) is 17.1. The highest BCUT2D eigenvalue weighted by atomic mass is 35.5. The van der Waals surface area contributed by atoms with Crippen LogP contribution >= 0.6 is 11.6 Å². The van der Waals surface area contributed by atoms with Crippen LogP contribution in [0.2, 0.25) is 5.02 Å². The van der Waals surface area contributed by atoms with Crippen molar-refractivity contribution in [3.63, 3.8) is 0 Å². The molecule has 4 rings (SSSR count). The summed E-state index contributed by atoms with van der Waals surface area (Å²) in [5, 5.41) is 12.2. The second kappa shape index (κ2) is 7.38. The van der Waals surface area contributed by atoms with Gasteiger partial charge in [0.05, 0.1) is 21.8 Å². The molecule has 2 N–H and O–H groups in total. The highest BCUT2D eigenvalue weighted by Crippen LogP contribution is 2.36. The maximum atomic E-state index is 12.9. The van der Waals surface area contributed by atoms with Gasteiger partial charge in [0.1, 0.15) is 5.75 Å². The summed E-state index contributed by atoms with van der Waals surface area (Å²) < 4.78 is 30.3.